The zero-order valence-electron chi connectivity index (χ0n) is 36.4. The van der Waals surface area contributed by atoms with Crippen molar-refractivity contribution >= 4 is 17.9 Å². The van der Waals surface area contributed by atoms with Gasteiger partial charge in [0.25, 0.3) is 0 Å². The second-order valence-electron chi connectivity index (χ2n) is 15.6. The van der Waals surface area contributed by atoms with Gasteiger partial charge in [-0.05, 0) is 51.4 Å². The quantitative estimate of drug-likeness (QED) is 0.0266. The number of ether oxygens (including phenoxy) is 3. The molecule has 0 unspecified atom stereocenters. The van der Waals surface area contributed by atoms with Gasteiger partial charge in [0.05, 0.1) is 0 Å². The third-order valence-corrected chi connectivity index (χ3v) is 10.2. The summed E-state index contributed by atoms with van der Waals surface area (Å²) in [7, 11) is 0. The van der Waals surface area contributed by atoms with Crippen molar-refractivity contribution < 1.29 is 28.6 Å². The van der Waals surface area contributed by atoms with Crippen molar-refractivity contribution in [2.24, 2.45) is 0 Å². The number of rotatable bonds is 42. The summed E-state index contributed by atoms with van der Waals surface area (Å²) in [6.45, 7) is 6.49. The molecule has 0 aromatic rings. The Morgan fingerprint density at radius 1 is 0.382 bits per heavy atom. The Morgan fingerprint density at radius 2 is 0.709 bits per heavy atom. The lowest BCUT2D eigenvalue weighted by Gasteiger charge is -2.18. The molecule has 0 bridgehead atoms. The van der Waals surface area contributed by atoms with E-state index in [2.05, 4.69) is 57.2 Å². The first-order chi connectivity index (χ1) is 27.0. The number of carbonyl (C=O) groups is 3. The lowest BCUT2D eigenvalue weighted by Crippen LogP contribution is -2.30. The van der Waals surface area contributed by atoms with Gasteiger partial charge >= 0.3 is 17.9 Å². The summed E-state index contributed by atoms with van der Waals surface area (Å²) in [4.78, 5) is 37.7. The molecule has 0 rings (SSSR count). The summed E-state index contributed by atoms with van der Waals surface area (Å²) in [5.41, 5.74) is 0. The number of hydrogen-bond donors (Lipinski definition) is 0. The summed E-state index contributed by atoms with van der Waals surface area (Å²) in [6.07, 6.45) is 49.8. The molecule has 0 radical (unpaired) electrons. The Bertz CT molecular complexity index is 938. The van der Waals surface area contributed by atoms with Crippen LogP contribution in [-0.2, 0) is 28.6 Å². The van der Waals surface area contributed by atoms with E-state index in [1.807, 2.05) is 0 Å². The average Bonchev–Trinajstić information content (AvgIpc) is 3.18. The molecule has 1 atom stereocenters. The van der Waals surface area contributed by atoms with E-state index in [0.717, 1.165) is 96.3 Å². The smallest absolute Gasteiger partial charge is 0.306 e. The summed E-state index contributed by atoms with van der Waals surface area (Å²) in [5, 5.41) is 0. The summed E-state index contributed by atoms with van der Waals surface area (Å²) in [6, 6.07) is 0. The van der Waals surface area contributed by atoms with E-state index in [9.17, 15) is 14.4 Å². The van der Waals surface area contributed by atoms with Crippen molar-refractivity contribution in [1.82, 2.24) is 0 Å². The Hall–Kier alpha value is -2.37. The highest BCUT2D eigenvalue weighted by atomic mass is 16.6. The molecule has 0 amide bonds. The number of hydrogen-bond acceptors (Lipinski definition) is 6. The Morgan fingerprint density at radius 3 is 1.11 bits per heavy atom. The molecular formula is C49H88O6. The summed E-state index contributed by atoms with van der Waals surface area (Å²) in [5.74, 6) is -0.889. The summed E-state index contributed by atoms with van der Waals surface area (Å²) < 4.78 is 16.7. The molecule has 0 aromatic heterocycles. The van der Waals surface area contributed by atoms with E-state index in [1.165, 1.54) is 103 Å². The Kier molecular flexibility index (Phi) is 42.4. The van der Waals surface area contributed by atoms with E-state index in [4.69, 9.17) is 14.2 Å². The zero-order chi connectivity index (χ0) is 40.1. The van der Waals surface area contributed by atoms with Crippen molar-refractivity contribution in [3.8, 4) is 0 Å². The van der Waals surface area contributed by atoms with Crippen LogP contribution in [0.4, 0.5) is 0 Å². The first kappa shape index (κ1) is 52.6. The maximum atomic E-state index is 12.7. The molecule has 0 aliphatic carbocycles. The molecule has 0 spiro atoms. The standard InChI is InChI=1S/C49H88O6/c1-4-7-10-13-16-19-21-23-24-26-27-30-33-36-39-42-48(51)54-45-46(44-53-47(50)41-38-35-32-29-18-15-12-9-6-3)55-49(52)43-40-37-34-31-28-25-22-20-17-14-11-8-5-2/h7,10,16,19,23-24,46H,4-6,8-9,11-15,17-18,20-22,25-45H2,1-3H3/b10-7-,19-16-,24-23-/t46-/m1/s1. The van der Waals surface area contributed by atoms with Crippen LogP contribution in [-0.4, -0.2) is 37.2 Å². The highest BCUT2D eigenvalue weighted by Crippen LogP contribution is 2.15. The number of esters is 3. The molecule has 0 saturated carbocycles. The fourth-order valence-corrected chi connectivity index (χ4v) is 6.63. The SMILES string of the molecule is CC/C=C\C/C=C\C/C=C\CCCCCCCC(=O)OC[C@@H](COC(=O)CCCCCCCCCCC)OC(=O)CCCCCCCCCCCCCCC. The van der Waals surface area contributed by atoms with Crippen LogP contribution in [0.25, 0.3) is 0 Å². The van der Waals surface area contributed by atoms with Gasteiger partial charge in [-0.25, -0.2) is 0 Å². The molecule has 6 heteroatoms. The fraction of sp³-hybridized carbons (Fsp3) is 0.816. The number of unbranched alkanes of at least 4 members (excludes halogenated alkanes) is 25. The van der Waals surface area contributed by atoms with Crippen LogP contribution in [0.5, 0.6) is 0 Å². The van der Waals surface area contributed by atoms with Gasteiger partial charge in [-0.2, -0.15) is 0 Å². The molecule has 0 saturated heterocycles. The highest BCUT2D eigenvalue weighted by Gasteiger charge is 2.19. The minimum absolute atomic E-state index is 0.0745. The maximum absolute atomic E-state index is 12.7. The minimum Gasteiger partial charge on any atom is -0.462 e. The first-order valence-electron chi connectivity index (χ1n) is 23.5. The maximum Gasteiger partial charge on any atom is 0.306 e. The van der Waals surface area contributed by atoms with E-state index in [0.29, 0.717) is 19.3 Å². The molecule has 0 aliphatic heterocycles. The van der Waals surface area contributed by atoms with Gasteiger partial charge in [-0.1, -0.05) is 205 Å². The van der Waals surface area contributed by atoms with Crippen molar-refractivity contribution in [3.05, 3.63) is 36.5 Å². The number of carbonyl (C=O) groups excluding carboxylic acids is 3. The molecule has 0 N–H and O–H groups in total. The van der Waals surface area contributed by atoms with Gasteiger partial charge in [-0.3, -0.25) is 14.4 Å². The molecule has 0 heterocycles. The average molecular weight is 773 g/mol. The largest absolute Gasteiger partial charge is 0.462 e. The predicted octanol–water partition coefficient (Wildman–Crippen LogP) is 15.0. The monoisotopic (exact) mass is 773 g/mol. The third kappa shape index (κ3) is 42.6. The van der Waals surface area contributed by atoms with Crippen molar-refractivity contribution in [2.75, 3.05) is 13.2 Å². The van der Waals surface area contributed by atoms with Crippen LogP contribution in [0.1, 0.15) is 239 Å². The molecule has 6 nitrogen and oxygen atoms in total. The molecule has 0 aliphatic rings. The van der Waals surface area contributed by atoms with Crippen LogP contribution in [0.15, 0.2) is 36.5 Å². The highest BCUT2D eigenvalue weighted by molar-refractivity contribution is 5.71. The van der Waals surface area contributed by atoms with E-state index in [1.54, 1.807) is 0 Å². The first-order valence-corrected chi connectivity index (χ1v) is 23.5. The van der Waals surface area contributed by atoms with Crippen LogP contribution >= 0.6 is 0 Å². The molecular weight excluding hydrogens is 685 g/mol. The Labute approximate surface area is 340 Å². The van der Waals surface area contributed by atoms with Gasteiger partial charge in [0.15, 0.2) is 6.10 Å². The zero-order valence-corrected chi connectivity index (χ0v) is 36.4. The minimum atomic E-state index is -0.771. The van der Waals surface area contributed by atoms with Gasteiger partial charge in [0, 0.05) is 19.3 Å². The van der Waals surface area contributed by atoms with Crippen LogP contribution in [0, 0.1) is 0 Å². The third-order valence-electron chi connectivity index (χ3n) is 10.2. The second kappa shape index (κ2) is 44.3. The summed E-state index contributed by atoms with van der Waals surface area (Å²) >= 11 is 0. The molecule has 55 heavy (non-hydrogen) atoms. The fourth-order valence-electron chi connectivity index (χ4n) is 6.63. The van der Waals surface area contributed by atoms with Crippen molar-refractivity contribution in [2.45, 2.75) is 245 Å². The van der Waals surface area contributed by atoms with Crippen molar-refractivity contribution in [1.29, 1.82) is 0 Å². The number of allylic oxidation sites excluding steroid dienone is 6. The van der Waals surface area contributed by atoms with E-state index in [-0.39, 0.29) is 31.1 Å². The van der Waals surface area contributed by atoms with Gasteiger partial charge in [0.2, 0.25) is 0 Å². The predicted molar refractivity (Wildman–Crippen MR) is 233 cm³/mol. The molecule has 0 aromatic carbocycles. The second-order valence-corrected chi connectivity index (χ2v) is 15.6. The van der Waals surface area contributed by atoms with Crippen molar-refractivity contribution in [3.63, 3.8) is 0 Å². The topological polar surface area (TPSA) is 78.9 Å². The van der Waals surface area contributed by atoms with Crippen LogP contribution in [0.3, 0.4) is 0 Å². The normalized spacial score (nSPS) is 12.3. The van der Waals surface area contributed by atoms with Gasteiger partial charge < -0.3 is 14.2 Å². The lowest BCUT2D eigenvalue weighted by atomic mass is 10.0. The van der Waals surface area contributed by atoms with Gasteiger partial charge in [0.1, 0.15) is 13.2 Å². The molecule has 0 fully saturated rings. The van der Waals surface area contributed by atoms with Gasteiger partial charge in [-0.15, -0.1) is 0 Å². The lowest BCUT2D eigenvalue weighted by molar-refractivity contribution is -0.167. The molecule has 320 valence electrons. The van der Waals surface area contributed by atoms with E-state index < -0.39 is 6.10 Å². The Balaban J connectivity index is 4.35. The van der Waals surface area contributed by atoms with Crippen LogP contribution in [0.2, 0.25) is 0 Å². The van der Waals surface area contributed by atoms with Crippen LogP contribution < -0.4 is 0 Å². The van der Waals surface area contributed by atoms with E-state index >= 15 is 0 Å².